The van der Waals surface area contributed by atoms with Crippen molar-refractivity contribution >= 4 is 21.6 Å². The fraction of sp³-hybridized carbons (Fsp3) is 0.556. The molecular formula is C9H14N4O3S. The van der Waals surface area contributed by atoms with Crippen LogP contribution in [0, 0.1) is 0 Å². The molecule has 1 saturated heterocycles. The van der Waals surface area contributed by atoms with Gasteiger partial charge in [0.1, 0.15) is 6.04 Å². The molecule has 1 amide bonds. The summed E-state index contributed by atoms with van der Waals surface area (Å²) in [6.07, 6.45) is 5.39. The van der Waals surface area contributed by atoms with Gasteiger partial charge in [0.05, 0.1) is 18.1 Å². The molecule has 8 heteroatoms. The molecule has 1 fully saturated rings. The second-order valence-electron chi connectivity index (χ2n) is 4.01. The molecule has 0 bridgehead atoms. The molecule has 17 heavy (non-hydrogen) atoms. The van der Waals surface area contributed by atoms with Gasteiger partial charge in [-0.3, -0.25) is 9.89 Å². The molecule has 2 heterocycles. The minimum Gasteiger partial charge on any atom is -0.322 e. The summed E-state index contributed by atoms with van der Waals surface area (Å²) in [6, 6.07) is -0.611. The van der Waals surface area contributed by atoms with E-state index < -0.39 is 16.1 Å². The highest BCUT2D eigenvalue weighted by Gasteiger charge is 2.36. The van der Waals surface area contributed by atoms with Crippen LogP contribution >= 0.6 is 0 Å². The van der Waals surface area contributed by atoms with Crippen LogP contribution in [0.5, 0.6) is 0 Å². The Balaban J connectivity index is 2.09. The Morgan fingerprint density at radius 1 is 1.65 bits per heavy atom. The van der Waals surface area contributed by atoms with Gasteiger partial charge in [-0.05, 0) is 12.8 Å². The SMILES string of the molecule is CS(=O)(=O)N1CCCC1C(=O)Nc1cn[nH]c1. The third kappa shape index (κ3) is 2.64. The summed E-state index contributed by atoms with van der Waals surface area (Å²) in [6.45, 7) is 0.405. The number of nitrogens with one attached hydrogen (secondary N) is 2. The van der Waals surface area contributed by atoms with E-state index >= 15 is 0 Å². The second kappa shape index (κ2) is 4.46. The Kier molecular flexibility index (Phi) is 3.16. The first-order chi connectivity index (χ1) is 7.98. The fourth-order valence-corrected chi connectivity index (χ4v) is 3.07. The van der Waals surface area contributed by atoms with Gasteiger partial charge in [0.25, 0.3) is 0 Å². The highest BCUT2D eigenvalue weighted by molar-refractivity contribution is 7.88. The Hall–Kier alpha value is -1.41. The normalized spacial score (nSPS) is 21.6. The van der Waals surface area contributed by atoms with E-state index in [1.165, 1.54) is 16.7 Å². The number of carbonyl (C=O) groups is 1. The third-order valence-electron chi connectivity index (χ3n) is 2.70. The van der Waals surface area contributed by atoms with E-state index in [0.717, 1.165) is 6.26 Å². The molecule has 1 aliphatic rings. The molecule has 0 saturated carbocycles. The molecule has 2 N–H and O–H groups in total. The van der Waals surface area contributed by atoms with Gasteiger partial charge >= 0.3 is 0 Å². The van der Waals surface area contributed by atoms with E-state index in [1.807, 2.05) is 0 Å². The fourth-order valence-electron chi connectivity index (χ4n) is 1.94. The molecule has 2 rings (SSSR count). The number of anilines is 1. The van der Waals surface area contributed by atoms with Gasteiger partial charge in [-0.1, -0.05) is 0 Å². The number of aromatic nitrogens is 2. The van der Waals surface area contributed by atoms with Crippen LogP contribution in [0.2, 0.25) is 0 Å². The van der Waals surface area contributed by atoms with Crippen molar-refractivity contribution in [2.24, 2.45) is 0 Å². The van der Waals surface area contributed by atoms with E-state index in [2.05, 4.69) is 15.5 Å². The number of carbonyl (C=O) groups excluding carboxylic acids is 1. The molecule has 1 aliphatic heterocycles. The van der Waals surface area contributed by atoms with Crippen molar-refractivity contribution in [2.75, 3.05) is 18.1 Å². The summed E-state index contributed by atoms with van der Waals surface area (Å²) in [4.78, 5) is 11.9. The highest BCUT2D eigenvalue weighted by atomic mass is 32.2. The zero-order valence-electron chi connectivity index (χ0n) is 9.38. The molecular weight excluding hydrogens is 244 g/mol. The number of hydrogen-bond donors (Lipinski definition) is 2. The summed E-state index contributed by atoms with van der Waals surface area (Å²) >= 11 is 0. The van der Waals surface area contributed by atoms with Gasteiger partial charge in [-0.15, -0.1) is 0 Å². The molecule has 0 spiro atoms. The molecule has 94 valence electrons. The smallest absolute Gasteiger partial charge is 0.242 e. The molecule has 1 atom stereocenters. The third-order valence-corrected chi connectivity index (χ3v) is 3.99. The molecule has 1 aromatic heterocycles. The zero-order valence-corrected chi connectivity index (χ0v) is 10.2. The van der Waals surface area contributed by atoms with Crippen molar-refractivity contribution in [1.29, 1.82) is 0 Å². The van der Waals surface area contributed by atoms with E-state index in [-0.39, 0.29) is 5.91 Å². The summed E-state index contributed by atoms with van der Waals surface area (Å²) < 4.78 is 24.2. The predicted octanol–water partition coefficient (Wildman–Crippen LogP) is -0.228. The minimum absolute atomic E-state index is 0.311. The van der Waals surface area contributed by atoms with Crippen molar-refractivity contribution in [3.05, 3.63) is 12.4 Å². The Morgan fingerprint density at radius 3 is 3.00 bits per heavy atom. The number of aromatic amines is 1. The maximum Gasteiger partial charge on any atom is 0.242 e. The summed E-state index contributed by atoms with van der Waals surface area (Å²) in [5, 5.41) is 8.90. The zero-order chi connectivity index (χ0) is 12.5. The number of hydrogen-bond acceptors (Lipinski definition) is 4. The monoisotopic (exact) mass is 258 g/mol. The van der Waals surface area contributed by atoms with Crippen LogP contribution in [0.1, 0.15) is 12.8 Å². The number of sulfonamides is 1. The van der Waals surface area contributed by atoms with Crippen molar-refractivity contribution in [3.8, 4) is 0 Å². The van der Waals surface area contributed by atoms with E-state index in [4.69, 9.17) is 0 Å². The lowest BCUT2D eigenvalue weighted by Gasteiger charge is -2.20. The number of rotatable bonds is 3. The summed E-state index contributed by atoms with van der Waals surface area (Å²) in [5.74, 6) is -0.311. The van der Waals surface area contributed by atoms with E-state index in [0.29, 0.717) is 25.1 Å². The predicted molar refractivity (Wildman–Crippen MR) is 61.8 cm³/mol. The van der Waals surface area contributed by atoms with Gasteiger partial charge in [0.15, 0.2) is 0 Å². The van der Waals surface area contributed by atoms with Gasteiger partial charge in [0, 0.05) is 12.7 Å². The van der Waals surface area contributed by atoms with Crippen LogP contribution in [0.4, 0.5) is 5.69 Å². The average Bonchev–Trinajstić information content (AvgIpc) is 2.85. The molecule has 7 nitrogen and oxygen atoms in total. The molecule has 1 aromatic rings. The van der Waals surface area contributed by atoms with Crippen LogP contribution in [-0.2, 0) is 14.8 Å². The Labute approximate surface area is 99.2 Å². The lowest BCUT2D eigenvalue weighted by molar-refractivity contribution is -0.119. The quantitative estimate of drug-likeness (QED) is 0.783. The Bertz CT molecular complexity index is 496. The van der Waals surface area contributed by atoms with Crippen molar-refractivity contribution in [3.63, 3.8) is 0 Å². The highest BCUT2D eigenvalue weighted by Crippen LogP contribution is 2.21. The lowest BCUT2D eigenvalue weighted by atomic mass is 10.2. The van der Waals surface area contributed by atoms with Gasteiger partial charge in [-0.25, -0.2) is 8.42 Å². The van der Waals surface area contributed by atoms with Crippen molar-refractivity contribution < 1.29 is 13.2 Å². The largest absolute Gasteiger partial charge is 0.322 e. The van der Waals surface area contributed by atoms with Crippen LogP contribution in [0.15, 0.2) is 12.4 Å². The van der Waals surface area contributed by atoms with Gasteiger partial charge in [-0.2, -0.15) is 9.40 Å². The first kappa shape index (κ1) is 12.1. The topological polar surface area (TPSA) is 95.2 Å². The first-order valence-corrected chi connectivity index (χ1v) is 7.10. The minimum atomic E-state index is -3.33. The molecule has 0 radical (unpaired) electrons. The van der Waals surface area contributed by atoms with Gasteiger partial charge in [0.2, 0.25) is 15.9 Å². The maximum atomic E-state index is 11.9. The van der Waals surface area contributed by atoms with Crippen molar-refractivity contribution in [1.82, 2.24) is 14.5 Å². The van der Waals surface area contributed by atoms with E-state index in [1.54, 1.807) is 0 Å². The van der Waals surface area contributed by atoms with E-state index in [9.17, 15) is 13.2 Å². The summed E-state index contributed by atoms with van der Waals surface area (Å²) in [5.41, 5.74) is 0.537. The Morgan fingerprint density at radius 2 is 2.41 bits per heavy atom. The summed E-state index contributed by atoms with van der Waals surface area (Å²) in [7, 11) is -3.33. The lowest BCUT2D eigenvalue weighted by Crippen LogP contribution is -2.42. The standard InChI is InChI=1S/C9H14N4O3S/c1-17(15,16)13-4-2-3-8(13)9(14)12-7-5-10-11-6-7/h5-6,8H,2-4H2,1H3,(H,10,11)(H,12,14). The molecule has 0 aromatic carbocycles. The first-order valence-electron chi connectivity index (χ1n) is 5.25. The molecule has 1 unspecified atom stereocenters. The second-order valence-corrected chi connectivity index (χ2v) is 5.94. The van der Waals surface area contributed by atoms with Gasteiger partial charge < -0.3 is 5.32 Å². The van der Waals surface area contributed by atoms with Crippen LogP contribution in [0.3, 0.4) is 0 Å². The number of H-pyrrole nitrogens is 1. The van der Waals surface area contributed by atoms with Crippen molar-refractivity contribution in [2.45, 2.75) is 18.9 Å². The van der Waals surface area contributed by atoms with Crippen LogP contribution in [0.25, 0.3) is 0 Å². The number of amides is 1. The van der Waals surface area contributed by atoms with Crippen LogP contribution in [-0.4, -0.2) is 47.7 Å². The number of nitrogens with zero attached hydrogens (tertiary/aromatic N) is 2. The maximum absolute atomic E-state index is 11.9. The average molecular weight is 258 g/mol. The molecule has 0 aliphatic carbocycles. The van der Waals surface area contributed by atoms with Crippen LogP contribution < -0.4 is 5.32 Å².